The Kier molecular flexibility index (Phi) is 2.09. The third kappa shape index (κ3) is 1.49. The number of anilines is 1. The van der Waals surface area contributed by atoms with Crippen LogP contribution in [0, 0.1) is 0 Å². The van der Waals surface area contributed by atoms with Gasteiger partial charge in [0, 0.05) is 18.3 Å². The van der Waals surface area contributed by atoms with Crippen LogP contribution in [0.5, 0.6) is 0 Å². The number of hydrogen-bond donors (Lipinski definition) is 1. The predicted molar refractivity (Wildman–Crippen MR) is 56.6 cm³/mol. The van der Waals surface area contributed by atoms with Gasteiger partial charge in [-0.15, -0.1) is 5.10 Å². The molecule has 1 N–H and O–H groups in total. The molecular formula is C11H15N3O. The zero-order valence-corrected chi connectivity index (χ0v) is 8.58. The van der Waals surface area contributed by atoms with Gasteiger partial charge in [0.25, 0.3) is 0 Å². The van der Waals surface area contributed by atoms with Crippen molar-refractivity contribution < 1.29 is 5.11 Å². The van der Waals surface area contributed by atoms with E-state index in [1.54, 1.807) is 6.20 Å². The number of piperidine rings is 1. The van der Waals surface area contributed by atoms with Gasteiger partial charge in [0.15, 0.2) is 5.82 Å². The molecule has 0 aliphatic carbocycles. The number of nitrogens with zero attached hydrogens (tertiary/aromatic N) is 3. The smallest absolute Gasteiger partial charge is 0.151 e. The van der Waals surface area contributed by atoms with Crippen LogP contribution in [0.25, 0.3) is 0 Å². The highest BCUT2D eigenvalue weighted by Gasteiger charge is 2.40. The molecule has 4 nitrogen and oxygen atoms in total. The highest BCUT2D eigenvalue weighted by atomic mass is 16.3. The van der Waals surface area contributed by atoms with Crippen molar-refractivity contribution in [3.05, 3.63) is 18.3 Å². The van der Waals surface area contributed by atoms with E-state index in [9.17, 15) is 5.11 Å². The van der Waals surface area contributed by atoms with E-state index in [1.165, 1.54) is 12.8 Å². The lowest BCUT2D eigenvalue weighted by Crippen LogP contribution is -2.45. The van der Waals surface area contributed by atoms with Gasteiger partial charge in [0.2, 0.25) is 0 Å². The molecule has 2 fully saturated rings. The quantitative estimate of drug-likeness (QED) is 0.742. The summed E-state index contributed by atoms with van der Waals surface area (Å²) in [6, 6.07) is 4.87. The molecule has 4 heteroatoms. The lowest BCUT2D eigenvalue weighted by atomic mass is 10.00. The summed E-state index contributed by atoms with van der Waals surface area (Å²) in [7, 11) is 0. The molecule has 1 aromatic heterocycles. The first kappa shape index (κ1) is 9.09. The molecule has 3 rings (SSSR count). The molecule has 80 valence electrons. The Morgan fingerprint density at radius 1 is 1.27 bits per heavy atom. The molecule has 1 unspecified atom stereocenters. The summed E-state index contributed by atoms with van der Waals surface area (Å²) in [6.07, 6.45) is 5.71. The first-order valence-corrected chi connectivity index (χ1v) is 5.58. The molecule has 0 saturated carbocycles. The van der Waals surface area contributed by atoms with Crippen molar-refractivity contribution in [3.63, 3.8) is 0 Å². The Bertz CT molecular complexity index is 329. The molecule has 3 atom stereocenters. The minimum atomic E-state index is -0.115. The second kappa shape index (κ2) is 3.45. The van der Waals surface area contributed by atoms with Gasteiger partial charge < -0.3 is 10.0 Å². The molecule has 15 heavy (non-hydrogen) atoms. The van der Waals surface area contributed by atoms with Crippen LogP contribution >= 0.6 is 0 Å². The summed E-state index contributed by atoms with van der Waals surface area (Å²) in [5.74, 6) is 0.969. The fraction of sp³-hybridized carbons (Fsp3) is 0.636. The number of rotatable bonds is 1. The minimum Gasteiger partial charge on any atom is -0.393 e. The minimum absolute atomic E-state index is 0.115. The van der Waals surface area contributed by atoms with Gasteiger partial charge in [-0.3, -0.25) is 0 Å². The fourth-order valence-electron chi connectivity index (χ4n) is 2.95. The zero-order chi connectivity index (χ0) is 10.3. The number of aromatic nitrogens is 2. The van der Waals surface area contributed by atoms with Crippen LogP contribution in [0.1, 0.15) is 25.7 Å². The van der Waals surface area contributed by atoms with E-state index in [2.05, 4.69) is 15.1 Å². The Morgan fingerprint density at radius 3 is 2.60 bits per heavy atom. The van der Waals surface area contributed by atoms with E-state index in [-0.39, 0.29) is 6.10 Å². The van der Waals surface area contributed by atoms with Gasteiger partial charge in [-0.2, -0.15) is 5.10 Å². The van der Waals surface area contributed by atoms with Gasteiger partial charge in [-0.25, -0.2) is 0 Å². The maximum absolute atomic E-state index is 9.69. The van der Waals surface area contributed by atoms with Crippen molar-refractivity contribution in [2.24, 2.45) is 0 Å². The average molecular weight is 205 g/mol. The topological polar surface area (TPSA) is 49.2 Å². The first-order chi connectivity index (χ1) is 7.34. The van der Waals surface area contributed by atoms with Crippen LogP contribution in [-0.4, -0.2) is 33.5 Å². The molecule has 2 saturated heterocycles. The summed E-state index contributed by atoms with van der Waals surface area (Å²) in [6.45, 7) is 0. The Morgan fingerprint density at radius 2 is 2.00 bits per heavy atom. The Balaban J connectivity index is 1.89. The maximum Gasteiger partial charge on any atom is 0.151 e. The molecule has 2 aliphatic heterocycles. The van der Waals surface area contributed by atoms with Crippen molar-refractivity contribution in [3.8, 4) is 0 Å². The van der Waals surface area contributed by atoms with Crippen LogP contribution < -0.4 is 4.90 Å². The zero-order valence-electron chi connectivity index (χ0n) is 8.58. The predicted octanol–water partition coefficient (Wildman–Crippen LogP) is 0.969. The number of fused-ring (bicyclic) bond motifs is 2. The SMILES string of the molecule is OC1C[C@H]2CC[C@@H](C1)N2c1cccnn1. The van der Waals surface area contributed by atoms with Gasteiger partial charge >= 0.3 is 0 Å². The Labute approximate surface area is 88.9 Å². The maximum atomic E-state index is 9.69. The van der Waals surface area contributed by atoms with Crippen molar-refractivity contribution in [1.29, 1.82) is 0 Å². The molecule has 2 aliphatic rings. The van der Waals surface area contributed by atoms with E-state index in [0.717, 1.165) is 18.7 Å². The molecule has 2 bridgehead atoms. The number of hydrogen-bond acceptors (Lipinski definition) is 4. The molecule has 1 aromatic rings. The third-order valence-electron chi connectivity index (χ3n) is 3.53. The Hall–Kier alpha value is -1.16. The van der Waals surface area contributed by atoms with Crippen LogP contribution in [0.4, 0.5) is 5.82 Å². The van der Waals surface area contributed by atoms with Gasteiger partial charge in [0.1, 0.15) is 0 Å². The van der Waals surface area contributed by atoms with Gasteiger partial charge in [0.05, 0.1) is 6.10 Å². The first-order valence-electron chi connectivity index (χ1n) is 5.58. The summed E-state index contributed by atoms with van der Waals surface area (Å²) in [5, 5.41) is 17.8. The summed E-state index contributed by atoms with van der Waals surface area (Å²) in [5.41, 5.74) is 0. The van der Waals surface area contributed by atoms with Crippen molar-refractivity contribution >= 4 is 5.82 Å². The van der Waals surface area contributed by atoms with E-state index < -0.39 is 0 Å². The lowest BCUT2D eigenvalue weighted by molar-refractivity contribution is 0.126. The van der Waals surface area contributed by atoms with Gasteiger partial charge in [-0.1, -0.05) is 0 Å². The van der Waals surface area contributed by atoms with Crippen molar-refractivity contribution in [1.82, 2.24) is 10.2 Å². The average Bonchev–Trinajstić information content (AvgIpc) is 2.53. The summed E-state index contributed by atoms with van der Waals surface area (Å²) < 4.78 is 0. The molecular weight excluding hydrogens is 190 g/mol. The molecule has 3 heterocycles. The second-order valence-electron chi connectivity index (χ2n) is 4.50. The van der Waals surface area contributed by atoms with E-state index in [0.29, 0.717) is 12.1 Å². The highest BCUT2D eigenvalue weighted by molar-refractivity contribution is 5.42. The summed E-state index contributed by atoms with van der Waals surface area (Å²) >= 11 is 0. The fourth-order valence-corrected chi connectivity index (χ4v) is 2.95. The third-order valence-corrected chi connectivity index (χ3v) is 3.53. The molecule has 0 spiro atoms. The highest BCUT2D eigenvalue weighted by Crippen LogP contribution is 2.38. The normalized spacial score (nSPS) is 34.5. The van der Waals surface area contributed by atoms with Crippen LogP contribution in [-0.2, 0) is 0 Å². The molecule has 0 aromatic carbocycles. The number of aliphatic hydroxyl groups is 1. The number of aliphatic hydroxyl groups excluding tert-OH is 1. The largest absolute Gasteiger partial charge is 0.393 e. The second-order valence-corrected chi connectivity index (χ2v) is 4.50. The lowest BCUT2D eigenvalue weighted by Gasteiger charge is -2.37. The van der Waals surface area contributed by atoms with E-state index >= 15 is 0 Å². The van der Waals surface area contributed by atoms with Crippen molar-refractivity contribution in [2.45, 2.75) is 43.9 Å². The van der Waals surface area contributed by atoms with Crippen LogP contribution in [0.3, 0.4) is 0 Å². The van der Waals surface area contributed by atoms with Crippen molar-refractivity contribution in [2.75, 3.05) is 4.90 Å². The van der Waals surface area contributed by atoms with Gasteiger partial charge in [-0.05, 0) is 37.8 Å². The standard InChI is InChI=1S/C11H15N3O/c15-10-6-8-3-4-9(7-10)14(8)11-2-1-5-12-13-11/h1-2,5,8-10,15H,3-4,6-7H2/t8-,9+,10?. The van der Waals surface area contributed by atoms with E-state index in [4.69, 9.17) is 0 Å². The molecule has 0 amide bonds. The summed E-state index contributed by atoms with van der Waals surface area (Å²) in [4.78, 5) is 2.35. The molecule has 0 radical (unpaired) electrons. The van der Waals surface area contributed by atoms with E-state index in [1.807, 2.05) is 12.1 Å². The van der Waals surface area contributed by atoms with Crippen LogP contribution in [0.15, 0.2) is 18.3 Å². The monoisotopic (exact) mass is 205 g/mol. The van der Waals surface area contributed by atoms with Crippen LogP contribution in [0.2, 0.25) is 0 Å².